The molecular weight excluding hydrogens is 356 g/mol. The summed E-state index contributed by atoms with van der Waals surface area (Å²) in [6, 6.07) is 12.9. The van der Waals surface area contributed by atoms with Gasteiger partial charge in [-0.05, 0) is 41.3 Å². The lowest BCUT2D eigenvalue weighted by Gasteiger charge is -2.25. The topological polar surface area (TPSA) is 76.7 Å². The van der Waals surface area contributed by atoms with Crippen molar-refractivity contribution in [2.75, 3.05) is 13.2 Å². The van der Waals surface area contributed by atoms with Crippen LogP contribution in [0, 0.1) is 5.92 Å². The summed E-state index contributed by atoms with van der Waals surface area (Å²) in [4.78, 5) is 23.8. The summed E-state index contributed by atoms with van der Waals surface area (Å²) in [6.07, 6.45) is 0. The molecule has 1 atom stereocenters. The number of ether oxygens (including phenoxy) is 2. The maximum absolute atomic E-state index is 12.8. The zero-order chi connectivity index (χ0) is 20.1. The van der Waals surface area contributed by atoms with Crippen LogP contribution in [0.5, 0.6) is 11.5 Å². The Kier molecular flexibility index (Phi) is 6.19. The molecule has 0 radical (unpaired) electrons. The molecule has 2 aromatic rings. The van der Waals surface area contributed by atoms with Gasteiger partial charge in [-0.2, -0.15) is 0 Å². The lowest BCUT2D eigenvalue weighted by molar-refractivity contribution is -0.119. The molecule has 0 saturated carbocycles. The van der Waals surface area contributed by atoms with Crippen molar-refractivity contribution in [1.29, 1.82) is 0 Å². The molecule has 1 unspecified atom stereocenters. The van der Waals surface area contributed by atoms with Gasteiger partial charge < -0.3 is 20.1 Å². The fourth-order valence-corrected chi connectivity index (χ4v) is 3.11. The summed E-state index contributed by atoms with van der Waals surface area (Å²) in [7, 11) is 0. The number of nitrogens with one attached hydrogen (secondary N) is 2. The van der Waals surface area contributed by atoms with Gasteiger partial charge >= 0.3 is 0 Å². The Morgan fingerprint density at radius 2 is 1.68 bits per heavy atom. The molecule has 3 rings (SSSR count). The summed E-state index contributed by atoms with van der Waals surface area (Å²) >= 11 is 0. The second-order valence-corrected chi connectivity index (χ2v) is 7.20. The molecule has 28 heavy (non-hydrogen) atoms. The van der Waals surface area contributed by atoms with Gasteiger partial charge in [-0.15, -0.1) is 0 Å². The molecule has 1 aliphatic rings. The second-order valence-electron chi connectivity index (χ2n) is 7.20. The van der Waals surface area contributed by atoms with Crippen LogP contribution in [0.15, 0.2) is 42.5 Å². The Hall–Kier alpha value is -3.02. The van der Waals surface area contributed by atoms with E-state index in [1.54, 1.807) is 12.1 Å². The van der Waals surface area contributed by atoms with Crippen LogP contribution in [0.3, 0.4) is 0 Å². The largest absolute Gasteiger partial charge is 0.486 e. The van der Waals surface area contributed by atoms with E-state index in [0.717, 1.165) is 16.9 Å². The Balaban J connectivity index is 1.72. The van der Waals surface area contributed by atoms with Crippen LogP contribution in [0.1, 0.15) is 48.3 Å². The van der Waals surface area contributed by atoms with Crippen molar-refractivity contribution < 1.29 is 19.1 Å². The summed E-state index contributed by atoms with van der Waals surface area (Å²) in [5, 5.41) is 5.86. The first kappa shape index (κ1) is 19.7. The maximum Gasteiger partial charge on any atom is 0.251 e. The first-order chi connectivity index (χ1) is 13.4. The number of hydrogen-bond donors (Lipinski definition) is 2. The van der Waals surface area contributed by atoms with Crippen LogP contribution >= 0.6 is 0 Å². The van der Waals surface area contributed by atoms with Crippen molar-refractivity contribution in [2.24, 2.45) is 5.92 Å². The molecule has 0 spiro atoms. The Labute approximate surface area is 165 Å². The van der Waals surface area contributed by atoms with Gasteiger partial charge in [0.2, 0.25) is 5.91 Å². The lowest BCUT2D eigenvalue weighted by atomic mass is 9.95. The molecule has 0 aliphatic carbocycles. The number of benzene rings is 2. The average molecular weight is 382 g/mol. The number of amides is 2. The highest BCUT2D eigenvalue weighted by Gasteiger charge is 2.22. The third-order valence-electron chi connectivity index (χ3n) is 4.64. The predicted molar refractivity (Wildman–Crippen MR) is 106 cm³/mol. The van der Waals surface area contributed by atoms with Crippen molar-refractivity contribution in [3.05, 3.63) is 59.2 Å². The number of rotatable bonds is 6. The molecule has 6 nitrogen and oxygen atoms in total. The van der Waals surface area contributed by atoms with Crippen molar-refractivity contribution in [3.63, 3.8) is 0 Å². The highest BCUT2D eigenvalue weighted by Crippen LogP contribution is 2.34. The number of fused-ring (bicyclic) bond motifs is 1. The number of carbonyl (C=O) groups is 2. The second kappa shape index (κ2) is 8.78. The standard InChI is InChI=1S/C22H26N2O4/c1-14(2)21(18-8-9-19-20(12-18)28-11-10-27-19)24-22(26)17-6-4-16(5-7-17)13-23-15(3)25/h4-9,12,14,21H,10-11,13H2,1-3H3,(H,23,25)(H,24,26). The average Bonchev–Trinajstić information content (AvgIpc) is 2.70. The number of hydrogen-bond acceptors (Lipinski definition) is 4. The third-order valence-corrected chi connectivity index (χ3v) is 4.64. The molecule has 2 aromatic carbocycles. The zero-order valence-corrected chi connectivity index (χ0v) is 16.5. The van der Waals surface area contributed by atoms with Crippen LogP contribution in [0.4, 0.5) is 0 Å². The fourth-order valence-electron chi connectivity index (χ4n) is 3.11. The number of carbonyl (C=O) groups excluding carboxylic acids is 2. The van der Waals surface area contributed by atoms with E-state index in [1.807, 2.05) is 30.3 Å². The Bertz CT molecular complexity index is 846. The van der Waals surface area contributed by atoms with E-state index in [1.165, 1.54) is 6.92 Å². The van der Waals surface area contributed by atoms with Gasteiger partial charge in [0.25, 0.3) is 5.91 Å². The molecule has 1 aliphatic heterocycles. The molecule has 0 bridgehead atoms. The lowest BCUT2D eigenvalue weighted by Crippen LogP contribution is -2.32. The summed E-state index contributed by atoms with van der Waals surface area (Å²) in [6.45, 7) is 7.14. The van der Waals surface area contributed by atoms with E-state index in [2.05, 4.69) is 24.5 Å². The minimum atomic E-state index is -0.151. The maximum atomic E-state index is 12.8. The summed E-state index contributed by atoms with van der Waals surface area (Å²) in [5.41, 5.74) is 2.50. The van der Waals surface area contributed by atoms with Gasteiger partial charge in [-0.25, -0.2) is 0 Å². The van der Waals surface area contributed by atoms with Crippen LogP contribution in [0.2, 0.25) is 0 Å². The first-order valence-electron chi connectivity index (χ1n) is 9.48. The highest BCUT2D eigenvalue weighted by molar-refractivity contribution is 5.94. The third kappa shape index (κ3) is 4.82. The van der Waals surface area contributed by atoms with Crippen molar-refractivity contribution in [2.45, 2.75) is 33.4 Å². The Morgan fingerprint density at radius 3 is 2.32 bits per heavy atom. The van der Waals surface area contributed by atoms with Gasteiger partial charge in [0, 0.05) is 19.0 Å². The van der Waals surface area contributed by atoms with Crippen LogP contribution in [-0.2, 0) is 11.3 Å². The van der Waals surface area contributed by atoms with Gasteiger partial charge in [-0.3, -0.25) is 9.59 Å². The van der Waals surface area contributed by atoms with E-state index >= 15 is 0 Å². The quantitative estimate of drug-likeness (QED) is 0.804. The molecule has 2 N–H and O–H groups in total. The SMILES string of the molecule is CC(=O)NCc1ccc(C(=O)NC(c2ccc3c(c2)OCCO3)C(C)C)cc1. The predicted octanol–water partition coefficient (Wildman–Crippen LogP) is 3.22. The summed E-state index contributed by atoms with van der Waals surface area (Å²) < 4.78 is 11.2. The normalized spacial score (nSPS) is 13.7. The van der Waals surface area contributed by atoms with Gasteiger partial charge in [-0.1, -0.05) is 32.0 Å². The van der Waals surface area contributed by atoms with E-state index in [0.29, 0.717) is 31.1 Å². The van der Waals surface area contributed by atoms with E-state index in [-0.39, 0.29) is 23.8 Å². The minimum absolute atomic E-state index is 0.0824. The van der Waals surface area contributed by atoms with E-state index in [9.17, 15) is 9.59 Å². The molecule has 0 saturated heterocycles. The minimum Gasteiger partial charge on any atom is -0.486 e. The molecule has 2 amide bonds. The summed E-state index contributed by atoms with van der Waals surface area (Å²) in [5.74, 6) is 1.43. The van der Waals surface area contributed by atoms with Crippen LogP contribution in [0.25, 0.3) is 0 Å². The molecular formula is C22H26N2O4. The fraction of sp³-hybridized carbons (Fsp3) is 0.364. The van der Waals surface area contributed by atoms with E-state index in [4.69, 9.17) is 9.47 Å². The molecule has 148 valence electrons. The zero-order valence-electron chi connectivity index (χ0n) is 16.5. The van der Waals surface area contributed by atoms with Crippen LogP contribution in [-0.4, -0.2) is 25.0 Å². The van der Waals surface area contributed by atoms with Gasteiger partial charge in [0.15, 0.2) is 11.5 Å². The van der Waals surface area contributed by atoms with E-state index < -0.39 is 0 Å². The molecule has 0 aromatic heterocycles. The van der Waals surface area contributed by atoms with Crippen LogP contribution < -0.4 is 20.1 Å². The van der Waals surface area contributed by atoms with Gasteiger partial charge in [0.1, 0.15) is 13.2 Å². The van der Waals surface area contributed by atoms with Crippen molar-refractivity contribution in [1.82, 2.24) is 10.6 Å². The monoisotopic (exact) mass is 382 g/mol. The van der Waals surface area contributed by atoms with Crippen molar-refractivity contribution in [3.8, 4) is 11.5 Å². The molecule has 1 heterocycles. The van der Waals surface area contributed by atoms with Gasteiger partial charge in [0.05, 0.1) is 6.04 Å². The van der Waals surface area contributed by atoms with Crippen molar-refractivity contribution >= 4 is 11.8 Å². The molecule has 0 fully saturated rings. The Morgan fingerprint density at radius 1 is 1.00 bits per heavy atom. The highest BCUT2D eigenvalue weighted by atomic mass is 16.6. The first-order valence-corrected chi connectivity index (χ1v) is 9.48. The molecule has 6 heteroatoms. The smallest absolute Gasteiger partial charge is 0.251 e.